The molecule has 3 aromatic rings. The average Bonchev–Trinajstić information content (AvgIpc) is 2.73. The summed E-state index contributed by atoms with van der Waals surface area (Å²) >= 11 is 0. The SMILES string of the molecule is CC(Oc1ccc(-c2nc(-c3ccc(OC(C)C(=O)O)cc3O)[nH]c(=O)n2)c(O)c1)C(=O)O. The summed E-state index contributed by atoms with van der Waals surface area (Å²) in [7, 11) is 0. The minimum Gasteiger partial charge on any atom is -0.507 e. The van der Waals surface area contributed by atoms with Crippen LogP contribution in [0.4, 0.5) is 0 Å². The second kappa shape index (κ2) is 9.26. The Morgan fingerprint density at radius 2 is 1.33 bits per heavy atom. The van der Waals surface area contributed by atoms with Crippen molar-refractivity contribution in [2.45, 2.75) is 26.1 Å². The van der Waals surface area contributed by atoms with Gasteiger partial charge < -0.3 is 29.9 Å². The third-order valence-electron chi connectivity index (χ3n) is 4.41. The zero-order valence-corrected chi connectivity index (χ0v) is 17.3. The second-order valence-electron chi connectivity index (χ2n) is 6.88. The second-order valence-corrected chi connectivity index (χ2v) is 6.88. The highest BCUT2D eigenvalue weighted by Crippen LogP contribution is 2.33. The van der Waals surface area contributed by atoms with E-state index in [0.29, 0.717) is 0 Å². The predicted octanol–water partition coefficient (Wildman–Crippen LogP) is 1.61. The quantitative estimate of drug-likeness (QED) is 0.330. The molecular weight excluding hydrogens is 438 g/mol. The van der Waals surface area contributed by atoms with E-state index in [-0.39, 0.29) is 45.8 Å². The lowest BCUT2D eigenvalue weighted by atomic mass is 10.1. The minimum absolute atomic E-state index is 0.0624. The predicted molar refractivity (Wildman–Crippen MR) is 112 cm³/mol. The number of carbonyl (C=O) groups is 2. The molecule has 0 saturated heterocycles. The number of aromatic nitrogens is 3. The van der Waals surface area contributed by atoms with Crippen molar-refractivity contribution in [3.05, 3.63) is 46.9 Å². The molecule has 12 nitrogen and oxygen atoms in total. The highest BCUT2D eigenvalue weighted by Gasteiger charge is 2.18. The summed E-state index contributed by atoms with van der Waals surface area (Å²) < 4.78 is 10.4. The Morgan fingerprint density at radius 3 is 1.79 bits per heavy atom. The molecule has 2 atom stereocenters. The molecule has 0 amide bonds. The lowest BCUT2D eigenvalue weighted by Crippen LogP contribution is -2.22. The number of rotatable bonds is 8. The Balaban J connectivity index is 1.94. The van der Waals surface area contributed by atoms with Crippen LogP contribution in [0.1, 0.15) is 13.8 Å². The van der Waals surface area contributed by atoms with Crippen molar-refractivity contribution in [2.75, 3.05) is 0 Å². The lowest BCUT2D eigenvalue weighted by molar-refractivity contribution is -0.145. The standard InChI is InChI=1S/C21H19N3O9/c1-9(19(27)28)32-11-3-5-13(15(25)7-11)17-22-18(24-21(31)23-17)14-6-4-12(8-16(14)26)33-10(2)20(29)30/h3-10,25-26H,1-2H3,(H,27,28)(H,29,30)(H,22,23,24,31). The molecule has 12 heteroatoms. The van der Waals surface area contributed by atoms with E-state index in [0.717, 1.165) is 6.07 Å². The fourth-order valence-corrected chi connectivity index (χ4v) is 2.70. The topological polar surface area (TPSA) is 192 Å². The van der Waals surface area contributed by atoms with Gasteiger partial charge in [-0.05, 0) is 38.1 Å². The van der Waals surface area contributed by atoms with Gasteiger partial charge in [0.15, 0.2) is 18.0 Å². The molecule has 0 aliphatic heterocycles. The maximum Gasteiger partial charge on any atom is 0.348 e. The number of aromatic hydroxyl groups is 2. The Morgan fingerprint density at radius 1 is 0.848 bits per heavy atom. The highest BCUT2D eigenvalue weighted by molar-refractivity contribution is 5.73. The smallest absolute Gasteiger partial charge is 0.348 e. The molecule has 33 heavy (non-hydrogen) atoms. The van der Waals surface area contributed by atoms with Gasteiger partial charge in [-0.3, -0.25) is 4.98 Å². The van der Waals surface area contributed by atoms with Gasteiger partial charge in [0, 0.05) is 12.1 Å². The van der Waals surface area contributed by atoms with Gasteiger partial charge >= 0.3 is 17.6 Å². The number of ether oxygens (including phenoxy) is 2. The molecule has 0 bridgehead atoms. The summed E-state index contributed by atoms with van der Waals surface area (Å²) in [4.78, 5) is 44.2. The molecule has 2 aromatic carbocycles. The summed E-state index contributed by atoms with van der Waals surface area (Å²) in [5.74, 6) is -3.14. The van der Waals surface area contributed by atoms with Gasteiger partial charge in [0.05, 0.1) is 11.1 Å². The number of aromatic amines is 1. The number of nitrogens with one attached hydrogen (secondary N) is 1. The van der Waals surface area contributed by atoms with Crippen molar-refractivity contribution in [1.29, 1.82) is 0 Å². The number of phenolic OH excluding ortho intramolecular Hbond substituents is 2. The number of hydrogen-bond donors (Lipinski definition) is 5. The van der Waals surface area contributed by atoms with Crippen molar-refractivity contribution < 1.29 is 39.5 Å². The first-order valence-electron chi connectivity index (χ1n) is 9.49. The summed E-state index contributed by atoms with van der Waals surface area (Å²) in [6, 6.07) is 7.81. The van der Waals surface area contributed by atoms with Crippen LogP contribution in [0.3, 0.4) is 0 Å². The molecule has 0 aliphatic rings. The highest BCUT2D eigenvalue weighted by atomic mass is 16.5. The first kappa shape index (κ1) is 23.1. The third kappa shape index (κ3) is 5.36. The number of carboxylic acid groups (broad SMARTS) is 2. The summed E-state index contributed by atoms with van der Waals surface area (Å²) in [6.45, 7) is 2.65. The fraction of sp³-hybridized carbons (Fsp3) is 0.190. The Bertz CT molecular complexity index is 1180. The maximum atomic E-state index is 12.1. The van der Waals surface area contributed by atoms with Crippen molar-refractivity contribution in [1.82, 2.24) is 15.0 Å². The van der Waals surface area contributed by atoms with Crippen LogP contribution in [0.15, 0.2) is 41.2 Å². The van der Waals surface area contributed by atoms with Crippen LogP contribution in [-0.4, -0.2) is 59.5 Å². The number of aliphatic carboxylic acids is 2. The van der Waals surface area contributed by atoms with Crippen LogP contribution in [-0.2, 0) is 9.59 Å². The number of hydrogen-bond acceptors (Lipinski definition) is 9. The van der Waals surface area contributed by atoms with E-state index >= 15 is 0 Å². The van der Waals surface area contributed by atoms with E-state index in [1.165, 1.54) is 44.2 Å². The average molecular weight is 457 g/mol. The van der Waals surface area contributed by atoms with Gasteiger partial charge in [0.1, 0.15) is 28.8 Å². The van der Waals surface area contributed by atoms with Crippen molar-refractivity contribution >= 4 is 11.9 Å². The third-order valence-corrected chi connectivity index (χ3v) is 4.41. The van der Waals surface area contributed by atoms with Gasteiger partial charge in [-0.15, -0.1) is 0 Å². The van der Waals surface area contributed by atoms with Crippen LogP contribution < -0.4 is 15.2 Å². The Labute approximate surface area is 185 Å². The zero-order chi connectivity index (χ0) is 24.3. The number of nitrogens with zero attached hydrogens (tertiary/aromatic N) is 2. The summed E-state index contributed by atoms with van der Waals surface area (Å²) in [6.07, 6.45) is -2.29. The number of phenols is 2. The van der Waals surface area contributed by atoms with Crippen molar-refractivity contribution in [3.63, 3.8) is 0 Å². The van der Waals surface area contributed by atoms with Gasteiger partial charge in [-0.1, -0.05) is 0 Å². The fourth-order valence-electron chi connectivity index (χ4n) is 2.70. The maximum absolute atomic E-state index is 12.1. The van der Waals surface area contributed by atoms with Crippen LogP contribution in [0.5, 0.6) is 23.0 Å². The van der Waals surface area contributed by atoms with E-state index in [1.54, 1.807) is 0 Å². The summed E-state index contributed by atoms with van der Waals surface area (Å²) in [5.41, 5.74) is -0.651. The first-order valence-corrected chi connectivity index (χ1v) is 9.49. The lowest BCUT2D eigenvalue weighted by Gasteiger charge is -2.13. The Kier molecular flexibility index (Phi) is 6.47. The van der Waals surface area contributed by atoms with Crippen LogP contribution in [0, 0.1) is 0 Å². The number of carboxylic acids is 2. The van der Waals surface area contributed by atoms with E-state index < -0.39 is 29.8 Å². The van der Waals surface area contributed by atoms with Crippen molar-refractivity contribution in [3.8, 4) is 45.8 Å². The van der Waals surface area contributed by atoms with Gasteiger partial charge in [-0.25, -0.2) is 19.4 Å². The van der Waals surface area contributed by atoms with Crippen LogP contribution in [0.2, 0.25) is 0 Å². The van der Waals surface area contributed by atoms with Gasteiger partial charge in [0.25, 0.3) is 0 Å². The number of benzene rings is 2. The van der Waals surface area contributed by atoms with Crippen molar-refractivity contribution in [2.24, 2.45) is 0 Å². The molecule has 0 spiro atoms. The van der Waals surface area contributed by atoms with E-state index in [1.807, 2.05) is 0 Å². The molecule has 0 aliphatic carbocycles. The minimum atomic E-state index is -1.19. The van der Waals surface area contributed by atoms with Crippen LogP contribution in [0.25, 0.3) is 22.8 Å². The largest absolute Gasteiger partial charge is 0.507 e. The molecule has 5 N–H and O–H groups in total. The monoisotopic (exact) mass is 457 g/mol. The Hall–Kier alpha value is -4.61. The first-order chi connectivity index (χ1) is 15.5. The molecular formula is C21H19N3O9. The molecule has 0 saturated carbocycles. The molecule has 1 aromatic heterocycles. The number of H-pyrrole nitrogens is 1. The molecule has 172 valence electrons. The van der Waals surface area contributed by atoms with E-state index in [4.69, 9.17) is 19.7 Å². The molecule has 0 radical (unpaired) electrons. The normalized spacial score (nSPS) is 12.5. The van der Waals surface area contributed by atoms with E-state index in [2.05, 4.69) is 15.0 Å². The molecule has 1 heterocycles. The summed E-state index contributed by atoms with van der Waals surface area (Å²) in [5, 5.41) is 38.5. The van der Waals surface area contributed by atoms with Gasteiger partial charge in [-0.2, -0.15) is 4.98 Å². The van der Waals surface area contributed by atoms with E-state index in [9.17, 15) is 24.6 Å². The molecule has 0 fully saturated rings. The van der Waals surface area contributed by atoms with Crippen LogP contribution >= 0.6 is 0 Å². The molecule has 2 unspecified atom stereocenters. The zero-order valence-electron chi connectivity index (χ0n) is 17.3. The molecule has 3 rings (SSSR count). The van der Waals surface area contributed by atoms with Gasteiger partial charge in [0.2, 0.25) is 0 Å².